The summed E-state index contributed by atoms with van der Waals surface area (Å²) in [7, 11) is 0. The summed E-state index contributed by atoms with van der Waals surface area (Å²) < 4.78 is 10.5. The number of rotatable bonds is 2. The molecule has 4 rings (SSSR count). The summed E-state index contributed by atoms with van der Waals surface area (Å²) in [5.41, 5.74) is 1.10. The highest BCUT2D eigenvalue weighted by molar-refractivity contribution is 6.31. The van der Waals surface area contributed by atoms with Gasteiger partial charge in [0.2, 0.25) is 18.7 Å². The molecule has 2 aromatic carbocycles. The number of nitrogens with one attached hydrogen (secondary N) is 2. The average Bonchev–Trinajstić information content (AvgIpc) is 3.09. The van der Waals surface area contributed by atoms with Crippen LogP contribution in [0.1, 0.15) is 28.4 Å². The van der Waals surface area contributed by atoms with Crippen molar-refractivity contribution in [2.45, 2.75) is 12.5 Å². The van der Waals surface area contributed by atoms with Crippen LogP contribution in [0.2, 0.25) is 5.02 Å². The first-order valence-electron chi connectivity index (χ1n) is 7.93. The van der Waals surface area contributed by atoms with Crippen LogP contribution in [0.4, 0.5) is 0 Å². The fourth-order valence-electron chi connectivity index (χ4n) is 2.80. The first-order chi connectivity index (χ1) is 12.6. The molecule has 0 unspecified atom stereocenters. The minimum Gasteiger partial charge on any atom is -0.454 e. The third kappa shape index (κ3) is 3.21. The van der Waals surface area contributed by atoms with E-state index in [-0.39, 0.29) is 25.1 Å². The Bertz CT molecular complexity index is 928. The number of nitrogens with zero attached hydrogens (tertiary/aromatic N) is 1. The lowest BCUT2D eigenvalue weighted by Gasteiger charge is -2.22. The van der Waals surface area contributed by atoms with Gasteiger partial charge in [0.25, 0.3) is 5.91 Å². The maximum Gasteiger partial charge on any atom is 0.258 e. The standard InChI is InChI=1S/C18H14ClN3O4/c19-12-4-2-1-3-11(12)13-8-16(23)21-18(20-13)22-17(24)10-5-6-14-15(7-10)26-9-25-14/h1-7,13H,8-9H2,(H2,20,21,22,23,24)/t13-/m0/s1. The molecule has 2 heterocycles. The quantitative estimate of drug-likeness (QED) is 0.848. The van der Waals surface area contributed by atoms with Gasteiger partial charge in [-0.3, -0.25) is 20.2 Å². The van der Waals surface area contributed by atoms with Crippen LogP contribution in [0, 0.1) is 0 Å². The average molecular weight is 372 g/mol. The Morgan fingerprint density at radius 3 is 2.85 bits per heavy atom. The lowest BCUT2D eigenvalue weighted by atomic mass is 10.0. The topological polar surface area (TPSA) is 89.0 Å². The molecule has 2 aliphatic rings. The summed E-state index contributed by atoms with van der Waals surface area (Å²) in [4.78, 5) is 28.9. The molecule has 2 N–H and O–H groups in total. The molecule has 7 nitrogen and oxygen atoms in total. The van der Waals surface area contributed by atoms with Gasteiger partial charge in [-0.25, -0.2) is 4.99 Å². The Labute approximate surface area is 154 Å². The van der Waals surface area contributed by atoms with Crippen LogP contribution in [0.5, 0.6) is 11.5 Å². The number of amides is 2. The number of hydrogen-bond acceptors (Lipinski definition) is 5. The van der Waals surface area contributed by atoms with Crippen LogP contribution in [0.25, 0.3) is 0 Å². The summed E-state index contributed by atoms with van der Waals surface area (Å²) >= 11 is 6.19. The number of guanidine groups is 1. The van der Waals surface area contributed by atoms with Crippen molar-refractivity contribution in [1.82, 2.24) is 10.6 Å². The lowest BCUT2D eigenvalue weighted by Crippen LogP contribution is -2.47. The number of fused-ring (bicyclic) bond motifs is 1. The predicted molar refractivity (Wildman–Crippen MR) is 94.4 cm³/mol. The Balaban J connectivity index is 1.55. The van der Waals surface area contributed by atoms with Crippen LogP contribution in [0.3, 0.4) is 0 Å². The van der Waals surface area contributed by atoms with Crippen LogP contribution in [0.15, 0.2) is 47.5 Å². The van der Waals surface area contributed by atoms with Gasteiger partial charge in [-0.15, -0.1) is 0 Å². The normalized spacial score (nSPS) is 18.1. The molecule has 1 atom stereocenters. The fourth-order valence-corrected chi connectivity index (χ4v) is 3.06. The zero-order chi connectivity index (χ0) is 18.1. The maximum atomic E-state index is 12.5. The van der Waals surface area contributed by atoms with E-state index in [2.05, 4.69) is 15.6 Å². The Kier molecular flexibility index (Phi) is 4.22. The van der Waals surface area contributed by atoms with E-state index in [0.717, 1.165) is 5.56 Å². The minimum absolute atomic E-state index is 0.0915. The second-order valence-corrected chi connectivity index (χ2v) is 6.20. The largest absolute Gasteiger partial charge is 0.454 e. The highest BCUT2D eigenvalue weighted by Gasteiger charge is 2.25. The number of halogens is 1. The predicted octanol–water partition coefficient (Wildman–Crippen LogP) is 2.42. The van der Waals surface area contributed by atoms with Crippen molar-refractivity contribution in [3.8, 4) is 11.5 Å². The Morgan fingerprint density at radius 1 is 1.19 bits per heavy atom. The van der Waals surface area contributed by atoms with Crippen LogP contribution in [-0.4, -0.2) is 24.6 Å². The molecule has 0 bridgehead atoms. The van der Waals surface area contributed by atoms with Gasteiger partial charge >= 0.3 is 0 Å². The Morgan fingerprint density at radius 2 is 2.00 bits per heavy atom. The summed E-state index contributed by atoms with van der Waals surface area (Å²) in [5, 5.41) is 5.71. The zero-order valence-electron chi connectivity index (χ0n) is 13.5. The molecular formula is C18H14ClN3O4. The van der Waals surface area contributed by atoms with E-state index in [0.29, 0.717) is 22.1 Å². The van der Waals surface area contributed by atoms with Crippen molar-refractivity contribution in [2.75, 3.05) is 6.79 Å². The van der Waals surface area contributed by atoms with Gasteiger partial charge in [0.15, 0.2) is 11.5 Å². The number of ether oxygens (including phenoxy) is 2. The third-order valence-electron chi connectivity index (χ3n) is 4.05. The van der Waals surface area contributed by atoms with Crippen molar-refractivity contribution in [3.63, 3.8) is 0 Å². The van der Waals surface area contributed by atoms with Crippen molar-refractivity contribution in [2.24, 2.45) is 4.99 Å². The van der Waals surface area contributed by atoms with Crippen molar-refractivity contribution in [3.05, 3.63) is 58.6 Å². The number of benzene rings is 2. The highest BCUT2D eigenvalue weighted by atomic mass is 35.5. The fraction of sp³-hybridized carbons (Fsp3) is 0.167. The Hall–Kier alpha value is -3.06. The van der Waals surface area contributed by atoms with Crippen LogP contribution >= 0.6 is 11.6 Å². The number of carbonyl (C=O) groups is 2. The van der Waals surface area contributed by atoms with Crippen molar-refractivity contribution >= 4 is 29.4 Å². The summed E-state index contributed by atoms with van der Waals surface area (Å²) in [6.07, 6.45) is 0.160. The van der Waals surface area contributed by atoms with Gasteiger partial charge in [0.05, 0.1) is 12.5 Å². The SMILES string of the molecule is O=C1C[C@@H](c2ccccc2Cl)N=C(NC(=O)c2ccc3c(c2)OCO3)N1. The molecule has 26 heavy (non-hydrogen) atoms. The molecule has 8 heteroatoms. The monoisotopic (exact) mass is 371 g/mol. The molecule has 0 spiro atoms. The van der Waals surface area contributed by atoms with Gasteiger partial charge in [-0.2, -0.15) is 0 Å². The van der Waals surface area contributed by atoms with E-state index in [1.807, 2.05) is 12.1 Å². The molecule has 0 saturated heterocycles. The van der Waals surface area contributed by atoms with Gasteiger partial charge < -0.3 is 9.47 Å². The first kappa shape index (κ1) is 16.4. The molecule has 0 fully saturated rings. The van der Waals surface area contributed by atoms with E-state index in [1.54, 1.807) is 30.3 Å². The van der Waals surface area contributed by atoms with Crippen LogP contribution < -0.4 is 20.1 Å². The van der Waals surface area contributed by atoms with E-state index in [9.17, 15) is 9.59 Å². The number of hydrogen-bond donors (Lipinski definition) is 2. The zero-order valence-corrected chi connectivity index (χ0v) is 14.2. The minimum atomic E-state index is -0.454. The maximum absolute atomic E-state index is 12.5. The van der Waals surface area contributed by atoms with Gasteiger partial charge in [0.1, 0.15) is 0 Å². The number of carbonyl (C=O) groups excluding carboxylic acids is 2. The molecule has 0 radical (unpaired) electrons. The molecular weight excluding hydrogens is 358 g/mol. The summed E-state index contributed by atoms with van der Waals surface area (Å²) in [6.45, 7) is 0.128. The number of aliphatic imine (C=N–C) groups is 1. The van der Waals surface area contributed by atoms with E-state index >= 15 is 0 Å². The van der Waals surface area contributed by atoms with Crippen LogP contribution in [-0.2, 0) is 4.79 Å². The molecule has 2 aliphatic heterocycles. The molecule has 132 valence electrons. The van der Waals surface area contributed by atoms with E-state index in [1.165, 1.54) is 0 Å². The molecule has 0 aliphatic carbocycles. The summed E-state index contributed by atoms with van der Waals surface area (Å²) in [6, 6.07) is 11.6. The lowest BCUT2D eigenvalue weighted by molar-refractivity contribution is -0.120. The van der Waals surface area contributed by atoms with Gasteiger partial charge in [-0.1, -0.05) is 29.8 Å². The second kappa shape index (κ2) is 6.68. The van der Waals surface area contributed by atoms with Gasteiger partial charge in [0, 0.05) is 10.6 Å². The first-order valence-corrected chi connectivity index (χ1v) is 8.31. The molecule has 2 aromatic rings. The second-order valence-electron chi connectivity index (χ2n) is 5.79. The smallest absolute Gasteiger partial charge is 0.258 e. The molecule has 2 amide bonds. The molecule has 0 saturated carbocycles. The van der Waals surface area contributed by atoms with E-state index in [4.69, 9.17) is 21.1 Å². The summed E-state index contributed by atoms with van der Waals surface area (Å²) in [5.74, 6) is 0.520. The highest BCUT2D eigenvalue weighted by Crippen LogP contribution is 2.32. The van der Waals surface area contributed by atoms with Gasteiger partial charge in [-0.05, 0) is 29.8 Å². The molecule has 0 aromatic heterocycles. The third-order valence-corrected chi connectivity index (χ3v) is 4.40. The van der Waals surface area contributed by atoms with E-state index < -0.39 is 11.9 Å². The van der Waals surface area contributed by atoms with Crippen molar-refractivity contribution < 1.29 is 19.1 Å². The van der Waals surface area contributed by atoms with Crippen molar-refractivity contribution in [1.29, 1.82) is 0 Å².